The van der Waals surface area contributed by atoms with Crippen LogP contribution in [-0.2, 0) is 15.6 Å². The summed E-state index contributed by atoms with van der Waals surface area (Å²) in [6.07, 6.45) is 3.06. The van der Waals surface area contributed by atoms with Gasteiger partial charge in [0.05, 0.1) is 11.3 Å². The SMILES string of the molecule is CS(=O)(=O)CCSCc1cccc2cccnc12. The zero-order valence-corrected chi connectivity index (χ0v) is 11.8. The standard InChI is InChI=1S/C13H15NO2S2/c1-18(15,16)9-8-17-10-12-5-2-4-11-6-3-7-14-13(11)12/h2-7H,8-10H2,1H3. The van der Waals surface area contributed by atoms with Crippen LogP contribution in [0.25, 0.3) is 10.9 Å². The quantitative estimate of drug-likeness (QED) is 0.790. The van der Waals surface area contributed by atoms with E-state index in [9.17, 15) is 8.42 Å². The first-order valence-electron chi connectivity index (χ1n) is 5.64. The molecule has 0 radical (unpaired) electrons. The molecule has 1 aromatic carbocycles. The molecule has 18 heavy (non-hydrogen) atoms. The summed E-state index contributed by atoms with van der Waals surface area (Å²) in [4.78, 5) is 4.38. The minimum atomic E-state index is -2.86. The number of pyridine rings is 1. The molecule has 0 N–H and O–H groups in total. The number of hydrogen-bond donors (Lipinski definition) is 0. The van der Waals surface area contributed by atoms with Crippen molar-refractivity contribution in [3.05, 3.63) is 42.1 Å². The number of thioether (sulfide) groups is 1. The largest absolute Gasteiger partial charge is 0.256 e. The number of hydrogen-bond acceptors (Lipinski definition) is 4. The van der Waals surface area contributed by atoms with E-state index in [1.54, 1.807) is 18.0 Å². The van der Waals surface area contributed by atoms with Gasteiger partial charge in [-0.1, -0.05) is 24.3 Å². The van der Waals surface area contributed by atoms with E-state index >= 15 is 0 Å². The van der Waals surface area contributed by atoms with Gasteiger partial charge in [-0.25, -0.2) is 8.42 Å². The second kappa shape index (κ2) is 5.71. The first kappa shape index (κ1) is 13.4. The Morgan fingerprint density at radius 3 is 2.78 bits per heavy atom. The lowest BCUT2D eigenvalue weighted by atomic mass is 10.1. The van der Waals surface area contributed by atoms with Crippen molar-refractivity contribution in [2.45, 2.75) is 5.75 Å². The van der Waals surface area contributed by atoms with Crippen LogP contribution in [0.4, 0.5) is 0 Å². The van der Waals surface area contributed by atoms with Gasteiger partial charge in [-0.3, -0.25) is 4.98 Å². The van der Waals surface area contributed by atoms with Crippen molar-refractivity contribution in [2.24, 2.45) is 0 Å². The second-order valence-electron chi connectivity index (χ2n) is 4.17. The maximum Gasteiger partial charge on any atom is 0.148 e. The summed E-state index contributed by atoms with van der Waals surface area (Å²) in [7, 11) is -2.86. The van der Waals surface area contributed by atoms with Crippen molar-refractivity contribution in [2.75, 3.05) is 17.8 Å². The molecule has 2 aromatic rings. The van der Waals surface area contributed by atoms with Crippen molar-refractivity contribution < 1.29 is 8.42 Å². The highest BCUT2D eigenvalue weighted by Gasteiger charge is 2.04. The fourth-order valence-corrected chi connectivity index (χ4v) is 3.96. The fourth-order valence-electron chi connectivity index (χ4n) is 1.68. The third-order valence-electron chi connectivity index (χ3n) is 2.57. The van der Waals surface area contributed by atoms with Gasteiger partial charge in [-0.05, 0) is 11.6 Å². The van der Waals surface area contributed by atoms with E-state index in [4.69, 9.17) is 0 Å². The lowest BCUT2D eigenvalue weighted by Crippen LogP contribution is -2.05. The molecule has 0 bridgehead atoms. The van der Waals surface area contributed by atoms with E-state index in [2.05, 4.69) is 4.98 Å². The highest BCUT2D eigenvalue weighted by molar-refractivity contribution is 7.99. The van der Waals surface area contributed by atoms with Crippen LogP contribution < -0.4 is 0 Å². The van der Waals surface area contributed by atoms with E-state index < -0.39 is 9.84 Å². The molecule has 0 aliphatic rings. The second-order valence-corrected chi connectivity index (χ2v) is 7.54. The predicted molar refractivity (Wildman–Crippen MR) is 77.6 cm³/mol. The third kappa shape index (κ3) is 3.71. The summed E-state index contributed by atoms with van der Waals surface area (Å²) in [5.41, 5.74) is 2.17. The Morgan fingerprint density at radius 2 is 2.00 bits per heavy atom. The number of benzene rings is 1. The lowest BCUT2D eigenvalue weighted by Gasteiger charge is -2.05. The van der Waals surface area contributed by atoms with Crippen LogP contribution >= 0.6 is 11.8 Å². The molecule has 0 spiro atoms. The molecule has 0 saturated heterocycles. The van der Waals surface area contributed by atoms with Crippen LogP contribution in [0.2, 0.25) is 0 Å². The molecule has 96 valence electrons. The summed E-state index contributed by atoms with van der Waals surface area (Å²) < 4.78 is 22.1. The number of nitrogens with zero attached hydrogens (tertiary/aromatic N) is 1. The zero-order chi connectivity index (χ0) is 13.0. The Labute approximate surface area is 112 Å². The molecule has 0 saturated carbocycles. The molecule has 0 amide bonds. The van der Waals surface area contributed by atoms with Crippen molar-refractivity contribution in [3.63, 3.8) is 0 Å². The summed E-state index contributed by atoms with van der Waals surface area (Å²) in [5, 5.41) is 1.12. The predicted octanol–water partition coefficient (Wildman–Crippen LogP) is 2.51. The summed E-state index contributed by atoms with van der Waals surface area (Å²) >= 11 is 1.63. The van der Waals surface area contributed by atoms with Gasteiger partial charge in [0.2, 0.25) is 0 Å². The lowest BCUT2D eigenvalue weighted by molar-refractivity contribution is 0.603. The highest BCUT2D eigenvalue weighted by Crippen LogP contribution is 2.20. The molecular formula is C13H15NO2S2. The Kier molecular flexibility index (Phi) is 4.24. The molecule has 2 rings (SSSR count). The molecular weight excluding hydrogens is 266 g/mol. The molecule has 0 aliphatic heterocycles. The van der Waals surface area contributed by atoms with Crippen LogP contribution in [-0.4, -0.2) is 31.2 Å². The Hall–Kier alpha value is -1.07. The molecule has 0 atom stereocenters. The Bertz CT molecular complexity index is 633. The van der Waals surface area contributed by atoms with Crippen molar-refractivity contribution >= 4 is 32.5 Å². The van der Waals surface area contributed by atoms with Crippen molar-refractivity contribution in [1.29, 1.82) is 0 Å². The van der Waals surface area contributed by atoms with Gasteiger partial charge in [-0.2, -0.15) is 11.8 Å². The van der Waals surface area contributed by atoms with Gasteiger partial charge in [0.15, 0.2) is 0 Å². The summed E-state index contributed by atoms with van der Waals surface area (Å²) in [5.74, 6) is 1.65. The van der Waals surface area contributed by atoms with Crippen LogP contribution in [0.15, 0.2) is 36.5 Å². The van der Waals surface area contributed by atoms with Gasteiger partial charge in [0, 0.05) is 29.3 Å². The van der Waals surface area contributed by atoms with E-state index in [-0.39, 0.29) is 5.75 Å². The number of sulfone groups is 1. The topological polar surface area (TPSA) is 47.0 Å². The maximum atomic E-state index is 11.0. The van der Waals surface area contributed by atoms with Crippen LogP contribution in [0.1, 0.15) is 5.56 Å². The minimum Gasteiger partial charge on any atom is -0.256 e. The van der Waals surface area contributed by atoms with E-state index in [1.807, 2.05) is 30.3 Å². The molecule has 5 heteroatoms. The Balaban J connectivity index is 2.04. The molecule has 0 aliphatic carbocycles. The molecule has 1 aromatic heterocycles. The smallest absolute Gasteiger partial charge is 0.148 e. The average Bonchev–Trinajstić information content (AvgIpc) is 2.33. The highest BCUT2D eigenvalue weighted by atomic mass is 32.2. The summed E-state index contributed by atoms with van der Waals surface area (Å²) in [6.45, 7) is 0. The van der Waals surface area contributed by atoms with Gasteiger partial charge in [-0.15, -0.1) is 0 Å². The van der Waals surface area contributed by atoms with Crippen molar-refractivity contribution in [1.82, 2.24) is 4.98 Å². The van der Waals surface area contributed by atoms with Crippen LogP contribution in [0.5, 0.6) is 0 Å². The van der Waals surface area contributed by atoms with Gasteiger partial charge in [0.1, 0.15) is 9.84 Å². The monoisotopic (exact) mass is 281 g/mol. The molecule has 1 heterocycles. The number of fused-ring (bicyclic) bond motifs is 1. The minimum absolute atomic E-state index is 0.232. The molecule has 3 nitrogen and oxygen atoms in total. The summed E-state index contributed by atoms with van der Waals surface area (Å²) in [6, 6.07) is 10.0. The van der Waals surface area contributed by atoms with Gasteiger partial charge < -0.3 is 0 Å². The fraction of sp³-hybridized carbons (Fsp3) is 0.308. The number of para-hydroxylation sites is 1. The molecule has 0 fully saturated rings. The van der Waals surface area contributed by atoms with E-state index in [1.165, 1.54) is 6.26 Å². The normalized spacial score (nSPS) is 11.8. The third-order valence-corrected chi connectivity index (χ3v) is 4.78. The number of aromatic nitrogens is 1. The average molecular weight is 281 g/mol. The number of rotatable bonds is 5. The first-order valence-corrected chi connectivity index (χ1v) is 8.86. The van der Waals surface area contributed by atoms with Crippen molar-refractivity contribution in [3.8, 4) is 0 Å². The Morgan fingerprint density at radius 1 is 1.22 bits per heavy atom. The van der Waals surface area contributed by atoms with E-state index in [0.29, 0.717) is 5.75 Å². The van der Waals surface area contributed by atoms with Crippen LogP contribution in [0, 0.1) is 0 Å². The van der Waals surface area contributed by atoms with E-state index in [0.717, 1.165) is 22.2 Å². The van der Waals surface area contributed by atoms with Crippen LogP contribution in [0.3, 0.4) is 0 Å². The van der Waals surface area contributed by atoms with Gasteiger partial charge in [0.25, 0.3) is 0 Å². The first-order chi connectivity index (χ1) is 8.56. The zero-order valence-electron chi connectivity index (χ0n) is 10.2. The molecule has 0 unspecified atom stereocenters. The van der Waals surface area contributed by atoms with Gasteiger partial charge >= 0.3 is 0 Å². The maximum absolute atomic E-state index is 11.0.